The molecule has 0 spiro atoms. The summed E-state index contributed by atoms with van der Waals surface area (Å²) in [5, 5.41) is -1.56. The summed E-state index contributed by atoms with van der Waals surface area (Å²) in [5.41, 5.74) is -1.02. The van der Waals surface area contributed by atoms with E-state index in [1.54, 1.807) is 0 Å². The molecule has 0 aromatic carbocycles. The average Bonchev–Trinajstić information content (AvgIpc) is 1.97. The topological polar surface area (TPSA) is 0 Å². The first-order chi connectivity index (χ1) is 6.94. The van der Waals surface area contributed by atoms with E-state index in [2.05, 4.69) is 0 Å². The molecule has 0 fully saturated rings. The van der Waals surface area contributed by atoms with Crippen LogP contribution in [0.3, 0.4) is 0 Å². The Morgan fingerprint density at radius 2 is 1.69 bits per heavy atom. The van der Waals surface area contributed by atoms with Crippen LogP contribution in [0.15, 0.2) is 23.8 Å². The number of allylic oxidation sites excluding steroid dienone is 4. The Balaban J connectivity index is 3.08. The Morgan fingerprint density at radius 3 is 2.00 bits per heavy atom. The molecule has 7 heteroatoms. The van der Waals surface area contributed by atoms with Gasteiger partial charge in [-0.2, -0.15) is 26.3 Å². The van der Waals surface area contributed by atoms with Crippen LogP contribution in [-0.2, 0) is 0 Å². The smallest absolute Gasteiger partial charge is 0.170 e. The van der Waals surface area contributed by atoms with Crippen molar-refractivity contribution >= 4 is 9.24 Å². The number of rotatable bonds is 0. The van der Waals surface area contributed by atoms with Gasteiger partial charge in [-0.05, 0) is 22.2 Å². The highest BCUT2D eigenvalue weighted by Crippen LogP contribution is 2.46. The van der Waals surface area contributed by atoms with E-state index in [1.807, 2.05) is 0 Å². The number of hydrogen-bond acceptors (Lipinski definition) is 0. The van der Waals surface area contributed by atoms with E-state index in [0.717, 1.165) is 16.2 Å². The van der Waals surface area contributed by atoms with Gasteiger partial charge in [0.05, 0.1) is 5.57 Å². The number of hydrogen-bond donors (Lipinski definition) is 0. The molecule has 0 N–H and O–H groups in total. The molecule has 0 heterocycles. The van der Waals surface area contributed by atoms with Crippen molar-refractivity contribution in [2.75, 3.05) is 0 Å². The molecule has 3 atom stereocenters. The fraction of sp³-hybridized carbons (Fsp3) is 0.556. The summed E-state index contributed by atoms with van der Waals surface area (Å²) in [6.07, 6.45) is -7.41. The molecule has 0 radical (unpaired) electrons. The van der Waals surface area contributed by atoms with Gasteiger partial charge in [-0.1, -0.05) is 12.2 Å². The van der Waals surface area contributed by atoms with Crippen LogP contribution in [0.2, 0.25) is 0 Å². The van der Waals surface area contributed by atoms with Crippen LogP contribution in [0, 0.1) is 5.92 Å². The molecule has 16 heavy (non-hydrogen) atoms. The summed E-state index contributed by atoms with van der Waals surface area (Å²) in [4.78, 5) is 0. The van der Waals surface area contributed by atoms with E-state index in [1.165, 1.54) is 0 Å². The predicted octanol–water partition coefficient (Wildman–Crippen LogP) is 3.59. The maximum Gasteiger partial charge on any atom is 0.416 e. The largest absolute Gasteiger partial charge is 0.416 e. The standard InChI is InChI=1S/C9H9F6P/c1-7(16)4-5(8(10,11)12)2-3-6(7)9(13,14)15/h2-4,6H,16H2,1H3/p+1. The highest BCUT2D eigenvalue weighted by Gasteiger charge is 2.52. The molecule has 0 aliphatic heterocycles. The Hall–Kier alpha value is -0.510. The van der Waals surface area contributed by atoms with Crippen molar-refractivity contribution in [3.05, 3.63) is 23.8 Å². The molecule has 0 nitrogen and oxygen atoms in total. The van der Waals surface area contributed by atoms with Crippen LogP contribution < -0.4 is 0 Å². The fourth-order valence-electron chi connectivity index (χ4n) is 1.57. The van der Waals surface area contributed by atoms with Gasteiger partial charge in [0.25, 0.3) is 0 Å². The van der Waals surface area contributed by atoms with Crippen LogP contribution in [0.25, 0.3) is 0 Å². The van der Waals surface area contributed by atoms with Crippen LogP contribution >= 0.6 is 9.24 Å². The first-order valence-corrected chi connectivity index (χ1v) is 5.05. The third-order valence-electron chi connectivity index (χ3n) is 2.34. The highest BCUT2D eigenvalue weighted by atomic mass is 31.0. The maximum atomic E-state index is 12.5. The molecule has 92 valence electrons. The molecule has 0 aromatic rings. The van der Waals surface area contributed by atoms with E-state index >= 15 is 0 Å². The normalized spacial score (nSPS) is 31.7. The number of alkyl halides is 6. The summed E-state index contributed by atoms with van der Waals surface area (Å²) in [6, 6.07) is 0. The van der Waals surface area contributed by atoms with Gasteiger partial charge in [-0.3, -0.25) is 0 Å². The molecule has 0 aromatic heterocycles. The van der Waals surface area contributed by atoms with Crippen LogP contribution in [0.4, 0.5) is 26.3 Å². The first kappa shape index (κ1) is 13.6. The number of halogens is 6. The van der Waals surface area contributed by atoms with Gasteiger partial charge in [-0.25, -0.2) is 0 Å². The van der Waals surface area contributed by atoms with Crippen molar-refractivity contribution in [3.8, 4) is 0 Å². The Labute approximate surface area is 90.6 Å². The van der Waals surface area contributed by atoms with E-state index < -0.39 is 29.0 Å². The summed E-state index contributed by atoms with van der Waals surface area (Å²) in [7, 11) is 0.911. The minimum Gasteiger partial charge on any atom is -0.170 e. The van der Waals surface area contributed by atoms with Crippen LogP contribution in [-0.4, -0.2) is 17.5 Å². The van der Waals surface area contributed by atoms with Crippen LogP contribution in [0.1, 0.15) is 6.92 Å². The molecular weight excluding hydrogens is 253 g/mol. The van der Waals surface area contributed by atoms with Gasteiger partial charge < -0.3 is 0 Å². The average molecular weight is 263 g/mol. The second-order valence-corrected chi connectivity index (χ2v) is 5.51. The predicted molar refractivity (Wildman–Crippen MR) is 52.3 cm³/mol. The van der Waals surface area contributed by atoms with Gasteiger partial charge in [-0.15, -0.1) is 0 Å². The van der Waals surface area contributed by atoms with Crippen molar-refractivity contribution in [1.82, 2.24) is 0 Å². The van der Waals surface area contributed by atoms with Crippen LogP contribution in [0.5, 0.6) is 0 Å². The molecule has 1 rings (SSSR count). The van der Waals surface area contributed by atoms with Crippen molar-refractivity contribution < 1.29 is 26.3 Å². The van der Waals surface area contributed by atoms with E-state index in [4.69, 9.17) is 0 Å². The van der Waals surface area contributed by atoms with Gasteiger partial charge in [0.15, 0.2) is 0 Å². The molecular formula is C9H10F6P+. The third-order valence-corrected chi connectivity index (χ3v) is 2.99. The highest BCUT2D eigenvalue weighted by molar-refractivity contribution is 7.19. The zero-order chi connectivity index (χ0) is 12.8. The summed E-state index contributed by atoms with van der Waals surface area (Å²) < 4.78 is 74.4. The van der Waals surface area contributed by atoms with Gasteiger partial charge in [0, 0.05) is 0 Å². The lowest BCUT2D eigenvalue weighted by Gasteiger charge is -2.30. The lowest BCUT2D eigenvalue weighted by atomic mass is 9.85. The van der Waals surface area contributed by atoms with Crippen molar-refractivity contribution in [2.45, 2.75) is 24.4 Å². The second-order valence-electron chi connectivity index (χ2n) is 3.98. The molecule has 0 saturated carbocycles. The lowest BCUT2D eigenvalue weighted by Crippen LogP contribution is -2.39. The Morgan fingerprint density at radius 1 is 1.19 bits per heavy atom. The monoisotopic (exact) mass is 263 g/mol. The Bertz CT molecular complexity index is 333. The van der Waals surface area contributed by atoms with Gasteiger partial charge >= 0.3 is 12.4 Å². The van der Waals surface area contributed by atoms with E-state index in [0.29, 0.717) is 18.2 Å². The summed E-state index contributed by atoms with van der Waals surface area (Å²) in [6.45, 7) is 1.15. The molecule has 0 saturated heterocycles. The molecule has 1 aliphatic carbocycles. The van der Waals surface area contributed by atoms with Gasteiger partial charge in [0.2, 0.25) is 0 Å². The minimum absolute atomic E-state index is 0.494. The fourth-order valence-corrected chi connectivity index (χ4v) is 2.16. The van der Waals surface area contributed by atoms with E-state index in [-0.39, 0.29) is 0 Å². The lowest BCUT2D eigenvalue weighted by molar-refractivity contribution is -0.166. The van der Waals surface area contributed by atoms with Crippen molar-refractivity contribution in [1.29, 1.82) is 0 Å². The minimum atomic E-state index is -4.60. The van der Waals surface area contributed by atoms with E-state index in [9.17, 15) is 26.3 Å². The quantitative estimate of drug-likeness (QED) is 0.463. The van der Waals surface area contributed by atoms with Crippen molar-refractivity contribution in [3.63, 3.8) is 0 Å². The molecule has 1 aliphatic rings. The summed E-state index contributed by atoms with van der Waals surface area (Å²) >= 11 is 0. The SMILES string of the molecule is CC1([PH3+])C=C(C(F)(F)F)C=CC1C(F)(F)F. The van der Waals surface area contributed by atoms with Gasteiger partial charge in [0.1, 0.15) is 11.1 Å². The third kappa shape index (κ3) is 2.78. The maximum absolute atomic E-state index is 12.5. The van der Waals surface area contributed by atoms with Crippen molar-refractivity contribution in [2.24, 2.45) is 5.92 Å². The molecule has 0 bridgehead atoms. The molecule has 0 amide bonds. The Kier molecular flexibility index (Phi) is 3.18. The second kappa shape index (κ2) is 3.76. The molecule has 3 unspecified atom stereocenters. The zero-order valence-electron chi connectivity index (χ0n) is 8.28. The first-order valence-electron chi connectivity index (χ1n) is 4.35. The summed E-state index contributed by atoms with van der Waals surface area (Å²) in [5.74, 6) is -1.87. The zero-order valence-corrected chi connectivity index (χ0v) is 9.70.